The number of hydrogen-bond donors (Lipinski definition) is 1. The molecule has 0 aliphatic carbocycles. The fourth-order valence-electron chi connectivity index (χ4n) is 1.34. The molecule has 0 aromatic carbocycles. The lowest BCUT2D eigenvalue weighted by Gasteiger charge is -2.15. The fraction of sp³-hybridized carbons (Fsp3) is 0.600. The third-order valence-electron chi connectivity index (χ3n) is 2.91. The van der Waals surface area contributed by atoms with Gasteiger partial charge in [-0.15, -0.1) is 6.58 Å². The lowest BCUT2D eigenvalue weighted by Crippen LogP contribution is -2.28. The maximum absolute atomic E-state index is 11.4. The smallest absolute Gasteiger partial charge is 0.244 e. The van der Waals surface area contributed by atoms with Gasteiger partial charge in [-0.3, -0.25) is 9.59 Å². The molecule has 108 valence electrons. The van der Waals surface area contributed by atoms with Crippen LogP contribution in [0.1, 0.15) is 26.7 Å². The molecule has 0 spiro atoms. The Hall–Kier alpha value is -1.42. The Morgan fingerprint density at radius 1 is 1.42 bits per heavy atom. The Morgan fingerprint density at radius 3 is 2.68 bits per heavy atom. The number of nitrogens with one attached hydrogen (secondary N) is 1. The number of rotatable bonds is 10. The van der Waals surface area contributed by atoms with Crippen molar-refractivity contribution in [2.75, 3.05) is 26.7 Å². The van der Waals surface area contributed by atoms with Crippen molar-refractivity contribution in [3.63, 3.8) is 0 Å². The molecular weight excluding hydrogens is 240 g/mol. The van der Waals surface area contributed by atoms with Crippen LogP contribution in [0.2, 0.25) is 0 Å². The van der Waals surface area contributed by atoms with Crippen LogP contribution in [-0.4, -0.2) is 43.3 Å². The van der Waals surface area contributed by atoms with E-state index in [2.05, 4.69) is 23.7 Å². The average molecular weight is 266 g/mol. The van der Waals surface area contributed by atoms with Crippen molar-refractivity contribution in [2.45, 2.75) is 26.7 Å². The zero-order valence-corrected chi connectivity index (χ0v) is 12.3. The van der Waals surface area contributed by atoms with Gasteiger partial charge in [0, 0.05) is 19.0 Å². The van der Waals surface area contributed by atoms with E-state index in [1.54, 1.807) is 6.92 Å². The number of carbonyl (C=O) groups is 2. The van der Waals surface area contributed by atoms with Crippen LogP contribution >= 0.6 is 0 Å². The molecule has 0 saturated heterocycles. The van der Waals surface area contributed by atoms with Gasteiger partial charge in [-0.1, -0.05) is 26.0 Å². The van der Waals surface area contributed by atoms with Crippen molar-refractivity contribution in [1.29, 1.82) is 0 Å². The van der Waals surface area contributed by atoms with Crippen molar-refractivity contribution < 1.29 is 9.59 Å². The lowest BCUT2D eigenvalue weighted by atomic mass is 10.1. The summed E-state index contributed by atoms with van der Waals surface area (Å²) in [7, 11) is 2.01. The van der Waals surface area contributed by atoms with Crippen LogP contribution in [-0.2, 0) is 9.59 Å². The van der Waals surface area contributed by atoms with Gasteiger partial charge in [0.2, 0.25) is 5.91 Å². The van der Waals surface area contributed by atoms with Gasteiger partial charge in [-0.2, -0.15) is 0 Å². The van der Waals surface area contributed by atoms with E-state index in [-0.39, 0.29) is 18.2 Å². The molecule has 0 fully saturated rings. The van der Waals surface area contributed by atoms with Crippen molar-refractivity contribution in [3.8, 4) is 0 Å². The lowest BCUT2D eigenvalue weighted by molar-refractivity contribution is -0.122. The van der Waals surface area contributed by atoms with E-state index in [4.69, 9.17) is 0 Å². The van der Waals surface area contributed by atoms with E-state index in [1.165, 1.54) is 6.08 Å². The normalized spacial score (nSPS) is 12.6. The number of hydrogen-bond acceptors (Lipinski definition) is 3. The standard InChI is InChI=1S/C15H26N2O2/c1-5-13(3)9-11-17(4)10-7-8-15(19)16-12-14(18)6-2/h5,7-8,13H,1,6,9-12H2,2-4H3,(H,16,19)/b8-7+. The second kappa shape index (κ2) is 10.5. The van der Waals surface area contributed by atoms with Gasteiger partial charge in [0.05, 0.1) is 6.54 Å². The maximum Gasteiger partial charge on any atom is 0.244 e. The third-order valence-corrected chi connectivity index (χ3v) is 2.91. The summed E-state index contributed by atoms with van der Waals surface area (Å²) in [6.07, 6.45) is 6.75. The highest BCUT2D eigenvalue weighted by atomic mass is 16.2. The molecule has 0 radical (unpaired) electrons. The largest absolute Gasteiger partial charge is 0.345 e. The molecule has 4 nitrogen and oxygen atoms in total. The number of ketones is 1. The quantitative estimate of drug-likeness (QED) is 0.484. The van der Waals surface area contributed by atoms with Crippen LogP contribution in [0.15, 0.2) is 24.8 Å². The van der Waals surface area contributed by atoms with Crippen molar-refractivity contribution >= 4 is 11.7 Å². The molecule has 0 aliphatic heterocycles. The second-order valence-electron chi connectivity index (χ2n) is 4.78. The summed E-state index contributed by atoms with van der Waals surface area (Å²) in [6.45, 7) is 9.47. The summed E-state index contributed by atoms with van der Waals surface area (Å²) in [6, 6.07) is 0. The highest BCUT2D eigenvalue weighted by Gasteiger charge is 2.01. The second-order valence-corrected chi connectivity index (χ2v) is 4.78. The minimum absolute atomic E-state index is 0.0391. The summed E-state index contributed by atoms with van der Waals surface area (Å²) in [5.74, 6) is 0.335. The zero-order chi connectivity index (χ0) is 14.7. The molecule has 0 rings (SSSR count). The van der Waals surface area contributed by atoms with Crippen LogP contribution in [0.25, 0.3) is 0 Å². The summed E-state index contributed by atoms with van der Waals surface area (Å²) >= 11 is 0. The number of nitrogens with zero attached hydrogens (tertiary/aromatic N) is 1. The first-order chi connectivity index (χ1) is 8.99. The zero-order valence-electron chi connectivity index (χ0n) is 12.3. The first-order valence-corrected chi connectivity index (χ1v) is 6.76. The van der Waals surface area contributed by atoms with Gasteiger partial charge in [0.15, 0.2) is 5.78 Å². The Bertz CT molecular complexity index is 324. The minimum Gasteiger partial charge on any atom is -0.345 e. The molecule has 1 unspecified atom stereocenters. The Kier molecular flexibility index (Phi) is 9.71. The molecule has 0 saturated carbocycles. The van der Waals surface area contributed by atoms with E-state index in [0.717, 1.165) is 19.5 Å². The van der Waals surface area contributed by atoms with Gasteiger partial charge in [-0.05, 0) is 25.9 Å². The number of carbonyl (C=O) groups excluding carboxylic acids is 2. The molecule has 0 aromatic rings. The highest BCUT2D eigenvalue weighted by Crippen LogP contribution is 2.02. The summed E-state index contributed by atoms with van der Waals surface area (Å²) in [4.78, 5) is 24.5. The predicted molar refractivity (Wildman–Crippen MR) is 78.9 cm³/mol. The van der Waals surface area contributed by atoms with Crippen LogP contribution in [0.4, 0.5) is 0 Å². The molecule has 1 atom stereocenters. The van der Waals surface area contributed by atoms with Crippen LogP contribution in [0.5, 0.6) is 0 Å². The molecule has 0 heterocycles. The van der Waals surface area contributed by atoms with Crippen molar-refractivity contribution in [3.05, 3.63) is 24.8 Å². The average Bonchev–Trinajstić information content (AvgIpc) is 2.41. The summed E-state index contributed by atoms with van der Waals surface area (Å²) in [5.41, 5.74) is 0. The van der Waals surface area contributed by atoms with E-state index in [1.807, 2.05) is 19.2 Å². The maximum atomic E-state index is 11.4. The van der Waals surface area contributed by atoms with Crippen molar-refractivity contribution in [2.24, 2.45) is 5.92 Å². The van der Waals surface area contributed by atoms with Gasteiger partial charge in [0.1, 0.15) is 0 Å². The Morgan fingerprint density at radius 2 is 2.11 bits per heavy atom. The van der Waals surface area contributed by atoms with Crippen LogP contribution in [0, 0.1) is 5.92 Å². The number of Topliss-reactive ketones (excluding diaryl/α,β-unsaturated/α-hetero) is 1. The Labute approximate surface area is 116 Å². The predicted octanol–water partition coefficient (Wildman–Crippen LogP) is 1.78. The van der Waals surface area contributed by atoms with Gasteiger partial charge in [-0.25, -0.2) is 0 Å². The first-order valence-electron chi connectivity index (χ1n) is 6.76. The number of amides is 1. The van der Waals surface area contributed by atoms with Gasteiger partial charge < -0.3 is 10.2 Å². The van der Waals surface area contributed by atoms with Gasteiger partial charge in [0.25, 0.3) is 0 Å². The molecule has 19 heavy (non-hydrogen) atoms. The topological polar surface area (TPSA) is 49.4 Å². The Balaban J connectivity index is 3.78. The van der Waals surface area contributed by atoms with E-state index in [9.17, 15) is 9.59 Å². The summed E-state index contributed by atoms with van der Waals surface area (Å²) < 4.78 is 0. The molecule has 0 aliphatic rings. The summed E-state index contributed by atoms with van der Waals surface area (Å²) in [5, 5.41) is 2.56. The van der Waals surface area contributed by atoms with Gasteiger partial charge >= 0.3 is 0 Å². The minimum atomic E-state index is -0.213. The monoisotopic (exact) mass is 266 g/mol. The molecule has 0 bridgehead atoms. The number of likely N-dealkylation sites (N-methyl/N-ethyl adjacent to an activating group) is 1. The SMILES string of the molecule is C=CC(C)CCN(C)C/C=C/C(=O)NCC(=O)CC. The van der Waals surface area contributed by atoms with E-state index in [0.29, 0.717) is 12.3 Å². The molecule has 4 heteroatoms. The van der Waals surface area contributed by atoms with E-state index >= 15 is 0 Å². The first kappa shape index (κ1) is 17.6. The molecule has 1 amide bonds. The molecule has 0 aromatic heterocycles. The van der Waals surface area contributed by atoms with Crippen LogP contribution in [0.3, 0.4) is 0 Å². The molecular formula is C15H26N2O2. The van der Waals surface area contributed by atoms with Crippen molar-refractivity contribution in [1.82, 2.24) is 10.2 Å². The fourth-order valence-corrected chi connectivity index (χ4v) is 1.34. The third kappa shape index (κ3) is 10.2. The van der Waals surface area contributed by atoms with Crippen LogP contribution < -0.4 is 5.32 Å². The highest BCUT2D eigenvalue weighted by molar-refractivity contribution is 5.91. The number of allylic oxidation sites excluding steroid dienone is 1. The molecule has 1 N–H and O–H groups in total. The van der Waals surface area contributed by atoms with E-state index < -0.39 is 0 Å².